The molecule has 0 spiro atoms. The number of anilines is 2. The van der Waals surface area contributed by atoms with E-state index in [-0.39, 0.29) is 5.91 Å². The molecular formula is C22H29N3O3. The molecular weight excluding hydrogens is 354 g/mol. The number of rotatable bonds is 7. The molecule has 2 aromatic rings. The second kappa shape index (κ2) is 9.35. The van der Waals surface area contributed by atoms with Crippen molar-refractivity contribution in [2.45, 2.75) is 13.3 Å². The van der Waals surface area contributed by atoms with E-state index in [2.05, 4.69) is 22.3 Å². The average Bonchev–Trinajstić information content (AvgIpc) is 2.74. The molecule has 0 radical (unpaired) electrons. The first-order valence-electron chi connectivity index (χ1n) is 9.66. The number of nitrogens with zero attached hydrogens (tertiary/aromatic N) is 2. The summed E-state index contributed by atoms with van der Waals surface area (Å²) in [5.41, 5.74) is 3.25. The van der Waals surface area contributed by atoms with Gasteiger partial charge in [0, 0.05) is 44.8 Å². The molecule has 1 saturated heterocycles. The molecule has 0 aliphatic carbocycles. The molecule has 1 heterocycles. The number of hydrogen-bond acceptors (Lipinski definition) is 5. The van der Waals surface area contributed by atoms with Crippen molar-refractivity contribution in [2.24, 2.45) is 0 Å². The van der Waals surface area contributed by atoms with Crippen molar-refractivity contribution in [2.75, 3.05) is 57.2 Å². The Balaban J connectivity index is 1.45. The number of aryl methyl sites for hydroxylation is 1. The molecule has 1 N–H and O–H groups in total. The standard InChI is InChI=1S/C22H29N3O3/c1-17-4-9-21(28-3)20(16-17)23-11-10-22(26)25-14-12-24(13-15-25)18-5-7-19(27-2)8-6-18/h4-9,16,23H,10-15H2,1-3H3. The van der Waals surface area contributed by atoms with Crippen LogP contribution in [0.15, 0.2) is 42.5 Å². The van der Waals surface area contributed by atoms with E-state index in [1.54, 1.807) is 14.2 Å². The third-order valence-electron chi connectivity index (χ3n) is 5.08. The topological polar surface area (TPSA) is 54.0 Å². The Hall–Kier alpha value is -2.89. The second-order valence-electron chi connectivity index (χ2n) is 6.95. The predicted octanol–water partition coefficient (Wildman–Crippen LogP) is 3.16. The van der Waals surface area contributed by atoms with Crippen LogP contribution in [0.3, 0.4) is 0 Å². The molecule has 0 bridgehead atoms. The first-order chi connectivity index (χ1) is 13.6. The molecule has 1 aliphatic rings. The van der Waals surface area contributed by atoms with E-state index < -0.39 is 0 Å². The number of carbonyl (C=O) groups excluding carboxylic acids is 1. The summed E-state index contributed by atoms with van der Waals surface area (Å²) in [4.78, 5) is 16.8. The molecule has 0 atom stereocenters. The van der Waals surface area contributed by atoms with Gasteiger partial charge in [0.15, 0.2) is 0 Å². The third-order valence-corrected chi connectivity index (χ3v) is 5.08. The first-order valence-corrected chi connectivity index (χ1v) is 9.66. The molecule has 0 saturated carbocycles. The number of piperazine rings is 1. The van der Waals surface area contributed by atoms with Crippen molar-refractivity contribution in [1.29, 1.82) is 0 Å². The maximum Gasteiger partial charge on any atom is 0.224 e. The predicted molar refractivity (Wildman–Crippen MR) is 113 cm³/mol. The van der Waals surface area contributed by atoms with Gasteiger partial charge in [-0.1, -0.05) is 6.07 Å². The van der Waals surface area contributed by atoms with Crippen molar-refractivity contribution < 1.29 is 14.3 Å². The van der Waals surface area contributed by atoms with Gasteiger partial charge in [-0.25, -0.2) is 0 Å². The molecule has 150 valence electrons. The highest BCUT2D eigenvalue weighted by molar-refractivity contribution is 5.77. The van der Waals surface area contributed by atoms with Crippen LogP contribution in [0, 0.1) is 6.92 Å². The maximum atomic E-state index is 12.6. The zero-order valence-corrected chi connectivity index (χ0v) is 16.9. The van der Waals surface area contributed by atoms with Crippen LogP contribution in [0.4, 0.5) is 11.4 Å². The molecule has 6 heteroatoms. The summed E-state index contributed by atoms with van der Waals surface area (Å²) in [5, 5.41) is 3.33. The van der Waals surface area contributed by atoms with E-state index in [4.69, 9.17) is 9.47 Å². The van der Waals surface area contributed by atoms with Crippen LogP contribution >= 0.6 is 0 Å². The minimum atomic E-state index is 0.188. The molecule has 28 heavy (non-hydrogen) atoms. The largest absolute Gasteiger partial charge is 0.497 e. The van der Waals surface area contributed by atoms with Crippen LogP contribution in [0.25, 0.3) is 0 Å². The number of nitrogens with one attached hydrogen (secondary N) is 1. The van der Waals surface area contributed by atoms with Gasteiger partial charge in [-0.2, -0.15) is 0 Å². The summed E-state index contributed by atoms with van der Waals surface area (Å²) >= 11 is 0. The van der Waals surface area contributed by atoms with Gasteiger partial charge in [0.1, 0.15) is 11.5 Å². The highest BCUT2D eigenvalue weighted by Crippen LogP contribution is 2.25. The molecule has 1 aliphatic heterocycles. The lowest BCUT2D eigenvalue weighted by atomic mass is 10.2. The fourth-order valence-electron chi connectivity index (χ4n) is 3.43. The van der Waals surface area contributed by atoms with Crippen LogP contribution in [0.2, 0.25) is 0 Å². The Morgan fingerprint density at radius 2 is 1.71 bits per heavy atom. The van der Waals surface area contributed by atoms with Crippen LogP contribution in [-0.2, 0) is 4.79 Å². The fraction of sp³-hybridized carbons (Fsp3) is 0.409. The van der Waals surface area contributed by atoms with Gasteiger partial charge in [0.25, 0.3) is 0 Å². The molecule has 0 aromatic heterocycles. The summed E-state index contributed by atoms with van der Waals surface area (Å²) in [7, 11) is 3.33. The molecule has 2 aromatic carbocycles. The molecule has 3 rings (SSSR count). The fourth-order valence-corrected chi connectivity index (χ4v) is 3.43. The summed E-state index contributed by atoms with van der Waals surface area (Å²) < 4.78 is 10.6. The Morgan fingerprint density at radius 3 is 2.36 bits per heavy atom. The van der Waals surface area contributed by atoms with Crippen LogP contribution < -0.4 is 19.7 Å². The lowest BCUT2D eigenvalue weighted by Gasteiger charge is -2.36. The van der Waals surface area contributed by atoms with Gasteiger partial charge >= 0.3 is 0 Å². The van der Waals surface area contributed by atoms with Crippen molar-refractivity contribution in [3.05, 3.63) is 48.0 Å². The zero-order chi connectivity index (χ0) is 19.9. The minimum absolute atomic E-state index is 0.188. The lowest BCUT2D eigenvalue weighted by Crippen LogP contribution is -2.49. The third kappa shape index (κ3) is 4.88. The Labute approximate surface area is 167 Å². The average molecular weight is 383 g/mol. The Morgan fingerprint density at radius 1 is 1.00 bits per heavy atom. The SMILES string of the molecule is COc1ccc(N2CCN(C(=O)CCNc3cc(C)ccc3OC)CC2)cc1. The number of methoxy groups -OCH3 is 2. The van der Waals surface area contributed by atoms with Crippen molar-refractivity contribution >= 4 is 17.3 Å². The summed E-state index contributed by atoms with van der Waals surface area (Å²) in [6.45, 7) is 5.82. The normalized spacial score (nSPS) is 14.0. The summed E-state index contributed by atoms with van der Waals surface area (Å²) in [5.74, 6) is 1.84. The van der Waals surface area contributed by atoms with E-state index >= 15 is 0 Å². The van der Waals surface area contributed by atoms with Crippen molar-refractivity contribution in [1.82, 2.24) is 4.90 Å². The van der Waals surface area contributed by atoms with Crippen LogP contribution in [-0.4, -0.2) is 57.8 Å². The Kier molecular flexibility index (Phi) is 6.63. The van der Waals surface area contributed by atoms with Crippen molar-refractivity contribution in [3.8, 4) is 11.5 Å². The smallest absolute Gasteiger partial charge is 0.224 e. The molecule has 1 amide bonds. The number of amides is 1. The monoisotopic (exact) mass is 383 g/mol. The van der Waals surface area contributed by atoms with Gasteiger partial charge in [0.2, 0.25) is 5.91 Å². The zero-order valence-electron chi connectivity index (χ0n) is 16.9. The number of ether oxygens (including phenoxy) is 2. The molecule has 0 unspecified atom stereocenters. The molecule has 1 fully saturated rings. The van der Waals surface area contributed by atoms with E-state index in [1.807, 2.05) is 42.2 Å². The van der Waals surface area contributed by atoms with Gasteiger partial charge in [0.05, 0.1) is 19.9 Å². The Bertz CT molecular complexity index is 784. The van der Waals surface area contributed by atoms with E-state index in [0.717, 1.165) is 48.9 Å². The minimum Gasteiger partial charge on any atom is -0.497 e. The first kappa shape index (κ1) is 19.9. The number of carbonyl (C=O) groups is 1. The number of benzene rings is 2. The van der Waals surface area contributed by atoms with Crippen LogP contribution in [0.5, 0.6) is 11.5 Å². The lowest BCUT2D eigenvalue weighted by molar-refractivity contribution is -0.131. The van der Waals surface area contributed by atoms with Gasteiger partial charge < -0.3 is 24.6 Å². The summed E-state index contributed by atoms with van der Waals surface area (Å²) in [6, 6.07) is 14.1. The second-order valence-corrected chi connectivity index (χ2v) is 6.95. The highest BCUT2D eigenvalue weighted by atomic mass is 16.5. The quantitative estimate of drug-likeness (QED) is 0.796. The van der Waals surface area contributed by atoms with Gasteiger partial charge in [-0.15, -0.1) is 0 Å². The van der Waals surface area contributed by atoms with E-state index in [0.29, 0.717) is 13.0 Å². The van der Waals surface area contributed by atoms with Crippen molar-refractivity contribution in [3.63, 3.8) is 0 Å². The molecule has 6 nitrogen and oxygen atoms in total. The highest BCUT2D eigenvalue weighted by Gasteiger charge is 2.21. The van der Waals surface area contributed by atoms with E-state index in [9.17, 15) is 4.79 Å². The van der Waals surface area contributed by atoms with E-state index in [1.165, 1.54) is 5.69 Å². The maximum absolute atomic E-state index is 12.6. The van der Waals surface area contributed by atoms with Crippen LogP contribution in [0.1, 0.15) is 12.0 Å². The number of hydrogen-bond donors (Lipinski definition) is 1. The van der Waals surface area contributed by atoms with Gasteiger partial charge in [-0.05, 0) is 48.9 Å². The van der Waals surface area contributed by atoms with Gasteiger partial charge in [-0.3, -0.25) is 4.79 Å². The summed E-state index contributed by atoms with van der Waals surface area (Å²) in [6.07, 6.45) is 0.472.